The van der Waals surface area contributed by atoms with Crippen molar-refractivity contribution >= 4 is 22.8 Å². The van der Waals surface area contributed by atoms with Crippen LogP contribution in [0.15, 0.2) is 30.6 Å². The molecule has 1 aromatic carbocycles. The molecule has 1 unspecified atom stereocenters. The molecule has 0 fully saturated rings. The van der Waals surface area contributed by atoms with Crippen molar-refractivity contribution < 1.29 is 4.79 Å². The van der Waals surface area contributed by atoms with Gasteiger partial charge in [0.15, 0.2) is 5.65 Å². The number of nitrogens with zero attached hydrogens (tertiary/aromatic N) is 2. The van der Waals surface area contributed by atoms with E-state index in [1.54, 1.807) is 0 Å². The van der Waals surface area contributed by atoms with Crippen LogP contribution in [0, 0.1) is 0 Å². The maximum Gasteiger partial charge on any atom is 0.319 e. The number of anilines is 1. The average molecular weight is 347 g/mol. The molecule has 26 heavy (non-hydrogen) atoms. The van der Waals surface area contributed by atoms with Crippen molar-refractivity contribution in [2.45, 2.75) is 44.6 Å². The summed E-state index contributed by atoms with van der Waals surface area (Å²) in [4.78, 5) is 16.8. The van der Waals surface area contributed by atoms with Crippen LogP contribution < -0.4 is 10.6 Å². The number of hydrogen-bond acceptors (Lipinski definition) is 3. The molecular formula is C20H21N5O. The van der Waals surface area contributed by atoms with Gasteiger partial charge in [0.25, 0.3) is 0 Å². The molecule has 0 bridgehead atoms. The zero-order valence-corrected chi connectivity index (χ0v) is 14.5. The first kappa shape index (κ1) is 15.4. The Morgan fingerprint density at radius 1 is 1.12 bits per heavy atom. The van der Waals surface area contributed by atoms with E-state index in [9.17, 15) is 4.79 Å². The number of hydrogen-bond donors (Lipinski definition) is 3. The lowest BCUT2D eigenvalue weighted by Gasteiger charge is -2.25. The number of urea groups is 1. The molecule has 0 aliphatic heterocycles. The summed E-state index contributed by atoms with van der Waals surface area (Å²) in [6.07, 6.45) is 9.89. The minimum Gasteiger partial charge on any atom is -0.335 e. The first-order valence-corrected chi connectivity index (χ1v) is 9.25. The third-order valence-corrected chi connectivity index (χ3v) is 5.58. The van der Waals surface area contributed by atoms with Gasteiger partial charge in [-0.15, -0.1) is 0 Å². The van der Waals surface area contributed by atoms with Gasteiger partial charge in [0.05, 0.1) is 6.20 Å². The lowest BCUT2D eigenvalue weighted by molar-refractivity contribution is 0.247. The number of H-pyrrole nitrogens is 1. The number of nitrogens with one attached hydrogen (secondary N) is 3. The summed E-state index contributed by atoms with van der Waals surface area (Å²) in [5, 5.41) is 14.2. The van der Waals surface area contributed by atoms with Gasteiger partial charge in [-0.1, -0.05) is 6.07 Å². The number of fused-ring (bicyclic) bond motifs is 4. The number of aromatic nitrogens is 3. The number of aromatic amines is 1. The highest BCUT2D eigenvalue weighted by Crippen LogP contribution is 2.27. The van der Waals surface area contributed by atoms with Crippen molar-refractivity contribution in [2.24, 2.45) is 0 Å². The lowest BCUT2D eigenvalue weighted by atomic mass is 9.88. The van der Waals surface area contributed by atoms with Gasteiger partial charge < -0.3 is 10.6 Å². The van der Waals surface area contributed by atoms with Gasteiger partial charge in [-0.3, -0.25) is 5.10 Å². The number of benzene rings is 1. The first-order chi connectivity index (χ1) is 12.8. The third kappa shape index (κ3) is 2.71. The largest absolute Gasteiger partial charge is 0.335 e. The molecule has 2 aliphatic rings. The normalized spacial score (nSPS) is 18.4. The van der Waals surface area contributed by atoms with Crippen LogP contribution in [-0.4, -0.2) is 27.3 Å². The topological polar surface area (TPSA) is 82.7 Å². The Bertz CT molecular complexity index is 993. The minimum absolute atomic E-state index is 0.128. The number of aryl methyl sites for hydroxylation is 3. The fourth-order valence-corrected chi connectivity index (χ4v) is 4.27. The van der Waals surface area contributed by atoms with Crippen LogP contribution >= 0.6 is 0 Å². The summed E-state index contributed by atoms with van der Waals surface area (Å²) in [7, 11) is 0. The Morgan fingerprint density at radius 2 is 2.04 bits per heavy atom. The van der Waals surface area contributed by atoms with E-state index < -0.39 is 0 Å². The molecule has 0 saturated carbocycles. The minimum atomic E-state index is -0.131. The molecule has 3 aromatic rings. The van der Waals surface area contributed by atoms with Crippen molar-refractivity contribution in [2.75, 3.05) is 5.32 Å². The Morgan fingerprint density at radius 3 is 3.00 bits per heavy atom. The zero-order valence-electron chi connectivity index (χ0n) is 14.5. The van der Waals surface area contributed by atoms with Gasteiger partial charge in [-0.05, 0) is 72.9 Å². The molecule has 0 radical (unpaired) electrons. The van der Waals surface area contributed by atoms with Crippen molar-refractivity contribution in [3.05, 3.63) is 52.8 Å². The second-order valence-electron chi connectivity index (χ2n) is 7.27. The van der Waals surface area contributed by atoms with E-state index in [4.69, 9.17) is 0 Å². The van der Waals surface area contributed by atoms with E-state index in [1.165, 1.54) is 28.7 Å². The molecule has 0 spiro atoms. The molecular weight excluding hydrogens is 326 g/mol. The fraction of sp³-hybridized carbons (Fsp3) is 0.350. The molecule has 3 N–H and O–H groups in total. The SMILES string of the molecule is O=C(Nc1ccc2c(c1)CCC2)NC1CCc2c(cnc3[nH]ncc23)C1. The maximum absolute atomic E-state index is 12.4. The van der Waals surface area contributed by atoms with Gasteiger partial charge in [0.1, 0.15) is 0 Å². The van der Waals surface area contributed by atoms with Crippen LogP contribution in [0.5, 0.6) is 0 Å². The van der Waals surface area contributed by atoms with Gasteiger partial charge in [0.2, 0.25) is 0 Å². The number of amides is 2. The number of carbonyl (C=O) groups is 1. The standard InChI is InChI=1S/C20H21N5O/c26-20(23-15-5-4-12-2-1-3-13(12)8-15)24-16-6-7-17-14(9-16)10-21-19-18(17)11-22-25-19/h4-5,8,10-11,16H,1-3,6-7,9H2,(H,21,22,25)(H2,23,24,26). The second kappa shape index (κ2) is 6.12. The lowest BCUT2D eigenvalue weighted by Crippen LogP contribution is -2.41. The van der Waals surface area contributed by atoms with E-state index in [2.05, 4.69) is 37.9 Å². The van der Waals surface area contributed by atoms with E-state index in [-0.39, 0.29) is 12.1 Å². The number of pyridine rings is 1. The summed E-state index contributed by atoms with van der Waals surface area (Å²) in [6.45, 7) is 0. The fourth-order valence-electron chi connectivity index (χ4n) is 4.27. The maximum atomic E-state index is 12.4. The molecule has 2 amide bonds. The Labute approximate surface area is 151 Å². The van der Waals surface area contributed by atoms with Crippen LogP contribution in [0.25, 0.3) is 11.0 Å². The molecule has 1 atom stereocenters. The van der Waals surface area contributed by atoms with Crippen LogP contribution in [0.4, 0.5) is 10.5 Å². The molecule has 0 saturated heterocycles. The highest BCUT2D eigenvalue weighted by molar-refractivity contribution is 5.89. The Hall–Kier alpha value is -2.89. The van der Waals surface area contributed by atoms with Crippen molar-refractivity contribution in [3.8, 4) is 0 Å². The average Bonchev–Trinajstić information content (AvgIpc) is 3.30. The molecule has 6 heteroatoms. The van der Waals surface area contributed by atoms with Crippen molar-refractivity contribution in [1.29, 1.82) is 0 Å². The van der Waals surface area contributed by atoms with Gasteiger partial charge in [-0.2, -0.15) is 5.10 Å². The van der Waals surface area contributed by atoms with E-state index in [0.717, 1.165) is 48.8 Å². The molecule has 2 heterocycles. The molecule has 6 nitrogen and oxygen atoms in total. The Kier molecular flexibility index (Phi) is 3.62. The predicted octanol–water partition coefficient (Wildman–Crippen LogP) is 3.13. The third-order valence-electron chi connectivity index (χ3n) is 5.58. The van der Waals surface area contributed by atoms with Gasteiger partial charge >= 0.3 is 6.03 Å². The van der Waals surface area contributed by atoms with Crippen molar-refractivity contribution in [3.63, 3.8) is 0 Å². The second-order valence-corrected chi connectivity index (χ2v) is 7.27. The van der Waals surface area contributed by atoms with E-state index in [1.807, 2.05) is 18.5 Å². The first-order valence-electron chi connectivity index (χ1n) is 9.25. The summed E-state index contributed by atoms with van der Waals surface area (Å²) >= 11 is 0. The molecule has 132 valence electrons. The van der Waals surface area contributed by atoms with Gasteiger partial charge in [0, 0.05) is 23.3 Å². The van der Waals surface area contributed by atoms with Gasteiger partial charge in [-0.25, -0.2) is 9.78 Å². The van der Waals surface area contributed by atoms with E-state index in [0.29, 0.717) is 0 Å². The van der Waals surface area contributed by atoms with Crippen LogP contribution in [0.3, 0.4) is 0 Å². The Balaban J connectivity index is 1.26. The summed E-state index contributed by atoms with van der Waals surface area (Å²) in [5.74, 6) is 0. The van der Waals surface area contributed by atoms with Crippen LogP contribution in [0.1, 0.15) is 35.1 Å². The van der Waals surface area contributed by atoms with Crippen molar-refractivity contribution in [1.82, 2.24) is 20.5 Å². The van der Waals surface area contributed by atoms with E-state index >= 15 is 0 Å². The molecule has 2 aromatic heterocycles. The summed E-state index contributed by atoms with van der Waals surface area (Å²) in [5.41, 5.74) is 7.00. The smallest absolute Gasteiger partial charge is 0.319 e. The predicted molar refractivity (Wildman–Crippen MR) is 100 cm³/mol. The van der Waals surface area contributed by atoms with Crippen LogP contribution in [-0.2, 0) is 25.7 Å². The molecule has 2 aliphatic carbocycles. The highest BCUT2D eigenvalue weighted by Gasteiger charge is 2.23. The van der Waals surface area contributed by atoms with Crippen LogP contribution in [0.2, 0.25) is 0 Å². The molecule has 5 rings (SSSR count). The highest BCUT2D eigenvalue weighted by atomic mass is 16.2. The zero-order chi connectivity index (χ0) is 17.5. The summed E-state index contributed by atoms with van der Waals surface area (Å²) in [6, 6.07) is 6.24. The number of carbonyl (C=O) groups excluding carboxylic acids is 1. The monoisotopic (exact) mass is 347 g/mol. The summed E-state index contributed by atoms with van der Waals surface area (Å²) < 4.78 is 0. The quantitative estimate of drug-likeness (QED) is 0.666. The number of rotatable bonds is 2.